The molecule has 0 saturated heterocycles. The fourth-order valence-electron chi connectivity index (χ4n) is 2.09. The van der Waals surface area contributed by atoms with Crippen molar-refractivity contribution in [1.29, 1.82) is 0 Å². The van der Waals surface area contributed by atoms with Gasteiger partial charge in [0.2, 0.25) is 0 Å². The Hall–Kier alpha value is -2.27. The van der Waals surface area contributed by atoms with Gasteiger partial charge in [-0.3, -0.25) is 4.57 Å². The normalized spacial score (nSPS) is 10.7. The lowest BCUT2D eigenvalue weighted by molar-refractivity contribution is 1.05. The zero-order chi connectivity index (χ0) is 13.9. The summed E-state index contributed by atoms with van der Waals surface area (Å²) in [7, 11) is 0. The van der Waals surface area contributed by atoms with Crippen LogP contribution < -0.4 is 5.73 Å². The Labute approximate surface area is 121 Å². The van der Waals surface area contributed by atoms with Gasteiger partial charge >= 0.3 is 0 Å². The molecule has 0 aliphatic carbocycles. The highest BCUT2D eigenvalue weighted by Gasteiger charge is 2.10. The van der Waals surface area contributed by atoms with E-state index in [1.54, 1.807) is 30.5 Å². The summed E-state index contributed by atoms with van der Waals surface area (Å²) in [5.74, 6) is 0.510. The molecular weight excluding hydrogens is 268 g/mol. The monoisotopic (exact) mass is 282 g/mol. The van der Waals surface area contributed by atoms with Gasteiger partial charge in [0, 0.05) is 22.3 Å². The fraction of sp³-hybridized carbons (Fsp3) is 0.0667. The third-order valence-corrected chi connectivity index (χ3v) is 3.81. The summed E-state index contributed by atoms with van der Waals surface area (Å²) >= 11 is 1.71. The van der Waals surface area contributed by atoms with Gasteiger partial charge in [0.1, 0.15) is 5.82 Å². The highest BCUT2D eigenvalue weighted by atomic mass is 32.2. The standard InChI is InChI=1S/C15H14N4S/c1-20-12-5-2-4-11(8-12)19-10-17-9-14(19)13-6-3-7-18-15(13)16/h2-10H,1H3,(H2,16,18). The lowest BCUT2D eigenvalue weighted by atomic mass is 10.2. The van der Waals surface area contributed by atoms with E-state index >= 15 is 0 Å². The first-order valence-corrected chi connectivity index (χ1v) is 7.39. The van der Waals surface area contributed by atoms with Crippen LogP contribution in [0.4, 0.5) is 5.82 Å². The van der Waals surface area contributed by atoms with E-state index in [1.807, 2.05) is 22.8 Å². The molecule has 3 aromatic rings. The third kappa shape index (κ3) is 2.28. The number of nitrogen functional groups attached to an aromatic ring is 1. The molecule has 0 fully saturated rings. The van der Waals surface area contributed by atoms with Crippen LogP contribution in [0, 0.1) is 0 Å². The number of aromatic nitrogens is 3. The smallest absolute Gasteiger partial charge is 0.132 e. The number of rotatable bonds is 3. The number of pyridine rings is 1. The van der Waals surface area contributed by atoms with Crippen LogP contribution in [0.2, 0.25) is 0 Å². The molecule has 0 amide bonds. The van der Waals surface area contributed by atoms with E-state index < -0.39 is 0 Å². The number of imidazole rings is 1. The van der Waals surface area contributed by atoms with Gasteiger partial charge in [-0.15, -0.1) is 11.8 Å². The molecule has 0 aliphatic heterocycles. The molecule has 0 saturated carbocycles. The Balaban J connectivity index is 2.13. The molecular formula is C15H14N4S. The summed E-state index contributed by atoms with van der Waals surface area (Å²) in [5.41, 5.74) is 8.85. The molecule has 2 N–H and O–H groups in total. The van der Waals surface area contributed by atoms with Crippen molar-refractivity contribution in [1.82, 2.24) is 14.5 Å². The van der Waals surface area contributed by atoms with Gasteiger partial charge in [-0.05, 0) is 36.6 Å². The molecule has 5 heteroatoms. The van der Waals surface area contributed by atoms with Gasteiger partial charge in [-0.25, -0.2) is 9.97 Å². The van der Waals surface area contributed by atoms with Crippen LogP contribution in [0.5, 0.6) is 0 Å². The average Bonchev–Trinajstić information content (AvgIpc) is 2.97. The van der Waals surface area contributed by atoms with Gasteiger partial charge in [-0.1, -0.05) is 6.07 Å². The van der Waals surface area contributed by atoms with Crippen LogP contribution >= 0.6 is 11.8 Å². The van der Waals surface area contributed by atoms with Gasteiger partial charge in [0.25, 0.3) is 0 Å². The zero-order valence-electron chi connectivity index (χ0n) is 11.0. The van der Waals surface area contributed by atoms with Crippen LogP contribution in [0.15, 0.2) is 60.0 Å². The molecule has 0 bridgehead atoms. The lowest BCUT2D eigenvalue weighted by Gasteiger charge is -2.10. The largest absolute Gasteiger partial charge is 0.383 e. The second-order valence-electron chi connectivity index (χ2n) is 4.29. The number of nitrogens with two attached hydrogens (primary N) is 1. The molecule has 20 heavy (non-hydrogen) atoms. The second-order valence-corrected chi connectivity index (χ2v) is 5.17. The Morgan fingerprint density at radius 1 is 1.20 bits per heavy atom. The highest BCUT2D eigenvalue weighted by Crippen LogP contribution is 2.27. The summed E-state index contributed by atoms with van der Waals surface area (Å²) in [6, 6.07) is 12.1. The number of nitrogens with zero attached hydrogens (tertiary/aromatic N) is 3. The van der Waals surface area contributed by atoms with Gasteiger partial charge < -0.3 is 5.73 Å². The van der Waals surface area contributed by atoms with Gasteiger partial charge in [0.05, 0.1) is 18.2 Å². The van der Waals surface area contributed by atoms with Crippen molar-refractivity contribution in [2.75, 3.05) is 12.0 Å². The quantitative estimate of drug-likeness (QED) is 0.749. The first-order valence-electron chi connectivity index (χ1n) is 6.17. The van der Waals surface area contributed by atoms with Crippen molar-refractivity contribution in [3.8, 4) is 16.9 Å². The van der Waals surface area contributed by atoms with Crippen molar-refractivity contribution in [3.05, 3.63) is 55.1 Å². The van der Waals surface area contributed by atoms with Crippen LogP contribution in [0.1, 0.15) is 0 Å². The molecule has 0 atom stereocenters. The van der Waals surface area contributed by atoms with E-state index in [9.17, 15) is 0 Å². The van der Waals surface area contributed by atoms with E-state index in [-0.39, 0.29) is 0 Å². The predicted octanol–water partition coefficient (Wildman–Crippen LogP) is 3.24. The van der Waals surface area contributed by atoms with Crippen molar-refractivity contribution >= 4 is 17.6 Å². The number of benzene rings is 1. The van der Waals surface area contributed by atoms with E-state index in [4.69, 9.17) is 5.73 Å². The average molecular weight is 282 g/mol. The lowest BCUT2D eigenvalue weighted by Crippen LogP contribution is -1.99. The topological polar surface area (TPSA) is 56.7 Å². The molecule has 0 aliphatic rings. The van der Waals surface area contributed by atoms with Gasteiger partial charge in [0.15, 0.2) is 0 Å². The second kappa shape index (κ2) is 5.38. The first-order chi connectivity index (χ1) is 9.79. The van der Waals surface area contributed by atoms with E-state index in [2.05, 4.69) is 34.4 Å². The van der Waals surface area contributed by atoms with Crippen molar-refractivity contribution in [2.24, 2.45) is 0 Å². The number of hydrogen-bond acceptors (Lipinski definition) is 4. The van der Waals surface area contributed by atoms with Crippen LogP contribution in [0.3, 0.4) is 0 Å². The minimum atomic E-state index is 0.510. The molecule has 4 nitrogen and oxygen atoms in total. The SMILES string of the molecule is CSc1cccc(-n2cncc2-c2cccnc2N)c1. The Morgan fingerprint density at radius 3 is 2.90 bits per heavy atom. The van der Waals surface area contributed by atoms with Crippen LogP contribution in [0.25, 0.3) is 16.9 Å². The maximum absolute atomic E-state index is 5.96. The van der Waals surface area contributed by atoms with Crippen molar-refractivity contribution in [3.63, 3.8) is 0 Å². The molecule has 2 aromatic heterocycles. The Morgan fingerprint density at radius 2 is 2.10 bits per heavy atom. The van der Waals surface area contributed by atoms with Crippen LogP contribution in [-0.2, 0) is 0 Å². The number of hydrogen-bond donors (Lipinski definition) is 1. The molecule has 1 aromatic carbocycles. The summed E-state index contributed by atoms with van der Waals surface area (Å²) < 4.78 is 2.02. The summed E-state index contributed by atoms with van der Waals surface area (Å²) in [5, 5.41) is 0. The highest BCUT2D eigenvalue weighted by molar-refractivity contribution is 7.98. The molecule has 0 spiro atoms. The molecule has 100 valence electrons. The summed E-state index contributed by atoms with van der Waals surface area (Å²) in [4.78, 5) is 9.59. The van der Waals surface area contributed by atoms with Gasteiger partial charge in [-0.2, -0.15) is 0 Å². The number of thioether (sulfide) groups is 1. The number of anilines is 1. The summed E-state index contributed by atoms with van der Waals surface area (Å²) in [6.45, 7) is 0. The molecule has 3 rings (SSSR count). The van der Waals surface area contributed by atoms with E-state index in [0.29, 0.717) is 5.82 Å². The molecule has 2 heterocycles. The van der Waals surface area contributed by atoms with E-state index in [0.717, 1.165) is 16.9 Å². The molecule has 0 radical (unpaired) electrons. The Kier molecular flexibility index (Phi) is 3.43. The third-order valence-electron chi connectivity index (χ3n) is 3.08. The minimum Gasteiger partial charge on any atom is -0.383 e. The van der Waals surface area contributed by atoms with E-state index in [1.165, 1.54) is 4.90 Å². The maximum atomic E-state index is 5.96. The van der Waals surface area contributed by atoms with Crippen molar-refractivity contribution in [2.45, 2.75) is 4.90 Å². The minimum absolute atomic E-state index is 0.510. The van der Waals surface area contributed by atoms with Crippen molar-refractivity contribution < 1.29 is 0 Å². The summed E-state index contributed by atoms with van der Waals surface area (Å²) in [6.07, 6.45) is 7.35. The fourth-order valence-corrected chi connectivity index (χ4v) is 2.55. The maximum Gasteiger partial charge on any atom is 0.132 e. The zero-order valence-corrected chi connectivity index (χ0v) is 11.8. The van der Waals surface area contributed by atoms with Crippen LogP contribution in [-0.4, -0.2) is 20.8 Å². The Bertz CT molecular complexity index is 736. The molecule has 0 unspecified atom stereocenters. The predicted molar refractivity (Wildman–Crippen MR) is 83.0 cm³/mol. The first kappa shape index (κ1) is 12.7.